The van der Waals surface area contributed by atoms with Crippen molar-refractivity contribution in [2.45, 2.75) is 25.2 Å². The quantitative estimate of drug-likeness (QED) is 0.796. The first-order valence-electron chi connectivity index (χ1n) is 5.04. The van der Waals surface area contributed by atoms with E-state index in [-0.39, 0.29) is 11.1 Å². The number of aromatic nitrogens is 1. The molecule has 0 radical (unpaired) electrons. The summed E-state index contributed by atoms with van der Waals surface area (Å²) in [5.41, 5.74) is 0.711. The van der Waals surface area contributed by atoms with E-state index in [1.54, 1.807) is 17.7 Å². The number of pyridine rings is 1. The number of rotatable bonds is 2. The van der Waals surface area contributed by atoms with Gasteiger partial charge in [0, 0.05) is 18.8 Å². The first-order valence-corrected chi connectivity index (χ1v) is 5.04. The van der Waals surface area contributed by atoms with Crippen molar-refractivity contribution < 1.29 is 9.90 Å². The lowest BCUT2D eigenvalue weighted by Crippen LogP contribution is -2.25. The van der Waals surface area contributed by atoms with Crippen LogP contribution in [0, 0.1) is 0 Å². The molecule has 1 N–H and O–H groups in total. The topological polar surface area (TPSA) is 59.3 Å². The highest BCUT2D eigenvalue weighted by Crippen LogP contribution is 2.35. The molecule has 1 aliphatic carbocycles. The highest BCUT2D eigenvalue weighted by molar-refractivity contribution is 5.87. The molecule has 0 atom stereocenters. The van der Waals surface area contributed by atoms with Gasteiger partial charge >= 0.3 is 5.97 Å². The highest BCUT2D eigenvalue weighted by Gasteiger charge is 2.23. The third-order valence-corrected chi connectivity index (χ3v) is 3.07. The molecule has 1 aromatic rings. The molecule has 0 amide bonds. The third-order valence-electron chi connectivity index (χ3n) is 3.07. The summed E-state index contributed by atoms with van der Waals surface area (Å²) >= 11 is 0. The predicted molar refractivity (Wildman–Crippen MR) is 55.2 cm³/mol. The van der Waals surface area contributed by atoms with Crippen molar-refractivity contribution >= 4 is 5.97 Å². The second kappa shape index (κ2) is 3.53. The van der Waals surface area contributed by atoms with Gasteiger partial charge in [0.05, 0.1) is 5.56 Å². The van der Waals surface area contributed by atoms with Crippen molar-refractivity contribution in [2.75, 3.05) is 0 Å². The highest BCUT2D eigenvalue weighted by atomic mass is 16.4. The molecule has 0 spiro atoms. The molecule has 0 unspecified atom stereocenters. The average molecular weight is 207 g/mol. The Morgan fingerprint density at radius 2 is 2.13 bits per heavy atom. The van der Waals surface area contributed by atoms with Crippen molar-refractivity contribution in [3.63, 3.8) is 0 Å². The van der Waals surface area contributed by atoms with Crippen LogP contribution in [0.2, 0.25) is 0 Å². The van der Waals surface area contributed by atoms with E-state index in [0.29, 0.717) is 5.92 Å². The Labute approximate surface area is 87.2 Å². The van der Waals surface area contributed by atoms with Gasteiger partial charge < -0.3 is 9.67 Å². The van der Waals surface area contributed by atoms with Gasteiger partial charge in [0.25, 0.3) is 5.56 Å². The normalized spacial score (nSPS) is 16.1. The molecule has 15 heavy (non-hydrogen) atoms. The van der Waals surface area contributed by atoms with Gasteiger partial charge in [-0.3, -0.25) is 4.79 Å². The second-order valence-electron chi connectivity index (χ2n) is 4.00. The molecule has 80 valence electrons. The first kappa shape index (κ1) is 9.96. The van der Waals surface area contributed by atoms with Crippen LogP contribution in [-0.2, 0) is 7.05 Å². The van der Waals surface area contributed by atoms with Crippen molar-refractivity contribution in [3.05, 3.63) is 33.7 Å². The zero-order chi connectivity index (χ0) is 11.0. The van der Waals surface area contributed by atoms with E-state index in [2.05, 4.69) is 0 Å². The number of hydrogen-bond acceptors (Lipinski definition) is 2. The minimum Gasteiger partial charge on any atom is -0.478 e. The summed E-state index contributed by atoms with van der Waals surface area (Å²) in [5, 5.41) is 8.85. The summed E-state index contributed by atoms with van der Waals surface area (Å²) in [5.74, 6) is -0.671. The number of carbonyl (C=O) groups is 1. The summed E-state index contributed by atoms with van der Waals surface area (Å²) in [7, 11) is 1.70. The smallest absolute Gasteiger partial charge is 0.335 e. The number of carboxylic acids is 1. The van der Waals surface area contributed by atoms with Crippen molar-refractivity contribution in [1.29, 1.82) is 0 Å². The lowest BCUT2D eigenvalue weighted by Gasteiger charge is -2.27. The van der Waals surface area contributed by atoms with E-state index in [0.717, 1.165) is 25.0 Å². The molecule has 1 aliphatic rings. The second-order valence-corrected chi connectivity index (χ2v) is 4.00. The zero-order valence-corrected chi connectivity index (χ0v) is 8.56. The van der Waals surface area contributed by atoms with Crippen LogP contribution in [0.5, 0.6) is 0 Å². The Balaban J connectivity index is 2.51. The van der Waals surface area contributed by atoms with Crippen LogP contribution in [0.4, 0.5) is 0 Å². The van der Waals surface area contributed by atoms with E-state index >= 15 is 0 Å². The maximum Gasteiger partial charge on any atom is 0.335 e. The van der Waals surface area contributed by atoms with E-state index in [1.165, 1.54) is 6.07 Å². The largest absolute Gasteiger partial charge is 0.478 e. The molecule has 1 heterocycles. The number of hydrogen-bond donors (Lipinski definition) is 1. The number of nitrogens with zero attached hydrogens (tertiary/aromatic N) is 1. The van der Waals surface area contributed by atoms with Crippen LogP contribution in [-0.4, -0.2) is 15.6 Å². The Morgan fingerprint density at radius 1 is 1.47 bits per heavy atom. The predicted octanol–water partition coefficient (Wildman–Crippen LogP) is 1.35. The van der Waals surface area contributed by atoms with E-state index in [1.807, 2.05) is 0 Å². The van der Waals surface area contributed by atoms with Crippen molar-refractivity contribution in [3.8, 4) is 0 Å². The monoisotopic (exact) mass is 207 g/mol. The summed E-state index contributed by atoms with van der Waals surface area (Å²) in [4.78, 5) is 22.3. The van der Waals surface area contributed by atoms with Gasteiger partial charge in [0.1, 0.15) is 0 Å². The Hall–Kier alpha value is -1.58. The summed E-state index contributed by atoms with van der Waals surface area (Å²) in [6, 6.07) is 2.79. The molecule has 2 rings (SSSR count). The Morgan fingerprint density at radius 3 is 2.60 bits per heavy atom. The zero-order valence-electron chi connectivity index (χ0n) is 8.56. The number of aromatic carboxylic acids is 1. The van der Waals surface area contributed by atoms with Gasteiger partial charge in [-0.05, 0) is 24.8 Å². The lowest BCUT2D eigenvalue weighted by atomic mass is 9.82. The fourth-order valence-electron chi connectivity index (χ4n) is 1.87. The molecule has 0 aromatic carbocycles. The molecule has 1 fully saturated rings. The fraction of sp³-hybridized carbons (Fsp3) is 0.455. The summed E-state index contributed by atoms with van der Waals surface area (Å²) in [6.45, 7) is 0. The van der Waals surface area contributed by atoms with Crippen LogP contribution < -0.4 is 5.56 Å². The maximum absolute atomic E-state index is 11.5. The molecular formula is C11H13NO3. The minimum absolute atomic E-state index is 0.0972. The first-order chi connectivity index (χ1) is 7.09. The van der Waals surface area contributed by atoms with Crippen LogP contribution in [0.15, 0.2) is 16.9 Å². The van der Waals surface area contributed by atoms with Gasteiger partial charge in [-0.2, -0.15) is 0 Å². The molecule has 0 bridgehead atoms. The Bertz CT molecular complexity index is 457. The third kappa shape index (κ3) is 1.67. The van der Waals surface area contributed by atoms with Crippen LogP contribution >= 0.6 is 0 Å². The minimum atomic E-state index is -1.03. The molecule has 0 aliphatic heterocycles. The lowest BCUT2D eigenvalue weighted by molar-refractivity contribution is 0.0696. The van der Waals surface area contributed by atoms with Gasteiger partial charge in [0.2, 0.25) is 0 Å². The molecule has 1 aromatic heterocycles. The van der Waals surface area contributed by atoms with Crippen molar-refractivity contribution in [1.82, 2.24) is 4.57 Å². The molecule has 1 saturated carbocycles. The molecular weight excluding hydrogens is 194 g/mol. The van der Waals surface area contributed by atoms with E-state index in [4.69, 9.17) is 5.11 Å². The van der Waals surface area contributed by atoms with Crippen LogP contribution in [0.1, 0.15) is 41.2 Å². The summed E-state index contributed by atoms with van der Waals surface area (Å²) < 4.78 is 1.55. The van der Waals surface area contributed by atoms with Crippen molar-refractivity contribution in [2.24, 2.45) is 7.05 Å². The van der Waals surface area contributed by atoms with Gasteiger partial charge in [-0.15, -0.1) is 0 Å². The van der Waals surface area contributed by atoms with Gasteiger partial charge in [0.15, 0.2) is 0 Å². The number of carboxylic acid groups (broad SMARTS) is 1. The van der Waals surface area contributed by atoms with Crippen LogP contribution in [0.3, 0.4) is 0 Å². The Kier molecular flexibility index (Phi) is 2.34. The maximum atomic E-state index is 11.5. The van der Waals surface area contributed by atoms with E-state index < -0.39 is 5.97 Å². The molecule has 4 nitrogen and oxygen atoms in total. The van der Waals surface area contributed by atoms with Gasteiger partial charge in [-0.1, -0.05) is 6.42 Å². The SMILES string of the molecule is Cn1c(C2CCC2)cc(C(=O)O)cc1=O. The molecule has 0 saturated heterocycles. The molecule has 4 heteroatoms. The van der Waals surface area contributed by atoms with E-state index in [9.17, 15) is 9.59 Å². The van der Waals surface area contributed by atoms with Crippen LogP contribution in [0.25, 0.3) is 0 Å². The van der Waals surface area contributed by atoms with Gasteiger partial charge in [-0.25, -0.2) is 4.79 Å². The standard InChI is InChI=1S/C11H13NO3/c1-12-9(7-3-2-4-7)5-8(11(14)15)6-10(12)13/h5-7H,2-4H2,1H3,(H,14,15). The fourth-order valence-corrected chi connectivity index (χ4v) is 1.87. The summed E-state index contributed by atoms with van der Waals surface area (Å²) in [6.07, 6.45) is 3.27. The average Bonchev–Trinajstić information content (AvgIpc) is 2.09.